The molecule has 0 bridgehead atoms. The van der Waals surface area contributed by atoms with E-state index in [-0.39, 0.29) is 5.78 Å². The fraction of sp³-hybridized carbons (Fsp3) is 0.400. The van der Waals surface area contributed by atoms with E-state index < -0.39 is 0 Å². The van der Waals surface area contributed by atoms with Crippen LogP contribution in [0.25, 0.3) is 5.57 Å². The second-order valence-electron chi connectivity index (χ2n) is 4.33. The first-order valence-corrected chi connectivity index (χ1v) is 6.26. The standard InChI is InChI=1S/C15H18O3/c1-17-9-10-18-15-8-3-2-7-14(15)12-5-4-6-13(16)11-12/h2-3,7-8,11H,4-6,9-10H2,1H3. The minimum absolute atomic E-state index is 0.211. The number of carbonyl (C=O) groups is 1. The molecule has 3 heteroatoms. The summed E-state index contributed by atoms with van der Waals surface area (Å²) in [5, 5.41) is 0. The minimum atomic E-state index is 0.211. The second-order valence-corrected chi connectivity index (χ2v) is 4.33. The fourth-order valence-electron chi connectivity index (χ4n) is 2.10. The highest BCUT2D eigenvalue weighted by molar-refractivity contribution is 5.98. The van der Waals surface area contributed by atoms with Crippen molar-refractivity contribution in [2.45, 2.75) is 19.3 Å². The topological polar surface area (TPSA) is 35.5 Å². The molecular formula is C15H18O3. The highest BCUT2D eigenvalue weighted by atomic mass is 16.5. The Morgan fingerprint density at radius 2 is 2.00 bits per heavy atom. The minimum Gasteiger partial charge on any atom is -0.491 e. The number of allylic oxidation sites excluding steroid dienone is 2. The van der Waals surface area contributed by atoms with Gasteiger partial charge in [-0.2, -0.15) is 0 Å². The lowest BCUT2D eigenvalue weighted by Gasteiger charge is -2.16. The zero-order chi connectivity index (χ0) is 12.8. The van der Waals surface area contributed by atoms with Crippen molar-refractivity contribution >= 4 is 11.4 Å². The lowest BCUT2D eigenvalue weighted by Crippen LogP contribution is -2.07. The highest BCUT2D eigenvalue weighted by Crippen LogP contribution is 2.31. The SMILES string of the molecule is COCCOc1ccccc1C1=CC(=O)CCC1. The zero-order valence-corrected chi connectivity index (χ0v) is 10.6. The molecular weight excluding hydrogens is 228 g/mol. The van der Waals surface area contributed by atoms with E-state index in [1.807, 2.05) is 24.3 Å². The molecule has 1 aliphatic carbocycles. The van der Waals surface area contributed by atoms with E-state index in [4.69, 9.17) is 9.47 Å². The molecule has 0 spiro atoms. The van der Waals surface area contributed by atoms with Crippen molar-refractivity contribution in [3.8, 4) is 5.75 Å². The Morgan fingerprint density at radius 3 is 2.78 bits per heavy atom. The summed E-state index contributed by atoms with van der Waals surface area (Å²) in [7, 11) is 1.65. The summed E-state index contributed by atoms with van der Waals surface area (Å²) in [4.78, 5) is 11.5. The van der Waals surface area contributed by atoms with Crippen molar-refractivity contribution < 1.29 is 14.3 Å². The molecule has 0 radical (unpaired) electrons. The lowest BCUT2D eigenvalue weighted by molar-refractivity contribution is -0.114. The van der Waals surface area contributed by atoms with Crippen LogP contribution in [0.2, 0.25) is 0 Å². The van der Waals surface area contributed by atoms with Gasteiger partial charge in [0.1, 0.15) is 12.4 Å². The van der Waals surface area contributed by atoms with E-state index in [9.17, 15) is 4.79 Å². The van der Waals surface area contributed by atoms with Crippen molar-refractivity contribution in [3.05, 3.63) is 35.9 Å². The van der Waals surface area contributed by atoms with E-state index in [2.05, 4.69) is 0 Å². The summed E-state index contributed by atoms with van der Waals surface area (Å²) in [5.74, 6) is 1.04. The Bertz CT molecular complexity index is 449. The second kappa shape index (κ2) is 6.36. The van der Waals surface area contributed by atoms with Crippen LogP contribution in [0.3, 0.4) is 0 Å². The Labute approximate surface area is 107 Å². The van der Waals surface area contributed by atoms with Gasteiger partial charge >= 0.3 is 0 Å². The largest absolute Gasteiger partial charge is 0.491 e. The smallest absolute Gasteiger partial charge is 0.155 e. The van der Waals surface area contributed by atoms with Gasteiger partial charge in [0.2, 0.25) is 0 Å². The molecule has 0 aromatic heterocycles. The maximum atomic E-state index is 11.5. The average molecular weight is 246 g/mol. The van der Waals surface area contributed by atoms with Crippen LogP contribution >= 0.6 is 0 Å². The third kappa shape index (κ3) is 3.20. The van der Waals surface area contributed by atoms with Gasteiger partial charge in [-0.15, -0.1) is 0 Å². The van der Waals surface area contributed by atoms with Crippen LogP contribution in [-0.2, 0) is 9.53 Å². The first-order chi connectivity index (χ1) is 8.81. The molecule has 2 rings (SSSR count). The van der Waals surface area contributed by atoms with E-state index in [1.165, 1.54) is 0 Å². The molecule has 1 aliphatic rings. The van der Waals surface area contributed by atoms with Gasteiger partial charge in [-0.25, -0.2) is 0 Å². The normalized spacial score (nSPS) is 15.4. The molecule has 18 heavy (non-hydrogen) atoms. The van der Waals surface area contributed by atoms with Crippen LogP contribution in [-0.4, -0.2) is 26.1 Å². The van der Waals surface area contributed by atoms with Crippen LogP contribution in [0.5, 0.6) is 5.75 Å². The number of ketones is 1. The van der Waals surface area contributed by atoms with E-state index in [0.717, 1.165) is 29.7 Å². The Balaban J connectivity index is 2.18. The Morgan fingerprint density at radius 1 is 1.17 bits per heavy atom. The molecule has 0 fully saturated rings. The van der Waals surface area contributed by atoms with Crippen molar-refractivity contribution in [3.63, 3.8) is 0 Å². The van der Waals surface area contributed by atoms with Crippen LogP contribution in [0.15, 0.2) is 30.3 Å². The number of benzene rings is 1. The fourth-order valence-corrected chi connectivity index (χ4v) is 2.10. The molecule has 0 aliphatic heterocycles. The van der Waals surface area contributed by atoms with Gasteiger partial charge < -0.3 is 9.47 Å². The summed E-state index contributed by atoms with van der Waals surface area (Å²) in [5.41, 5.74) is 2.11. The molecule has 1 aromatic carbocycles. The predicted molar refractivity (Wildman–Crippen MR) is 70.6 cm³/mol. The maximum absolute atomic E-state index is 11.5. The molecule has 0 heterocycles. The molecule has 0 unspecified atom stereocenters. The van der Waals surface area contributed by atoms with Gasteiger partial charge in [0.15, 0.2) is 5.78 Å². The van der Waals surface area contributed by atoms with Crippen LogP contribution in [0, 0.1) is 0 Å². The number of rotatable bonds is 5. The van der Waals surface area contributed by atoms with Gasteiger partial charge in [-0.1, -0.05) is 18.2 Å². The van der Waals surface area contributed by atoms with Crippen molar-refractivity contribution in [2.75, 3.05) is 20.3 Å². The summed E-state index contributed by atoms with van der Waals surface area (Å²) >= 11 is 0. The van der Waals surface area contributed by atoms with Crippen LogP contribution in [0.1, 0.15) is 24.8 Å². The number of methoxy groups -OCH3 is 1. The number of carbonyl (C=O) groups excluding carboxylic acids is 1. The molecule has 0 atom stereocenters. The molecule has 3 nitrogen and oxygen atoms in total. The molecule has 96 valence electrons. The van der Waals surface area contributed by atoms with Crippen LogP contribution in [0.4, 0.5) is 0 Å². The predicted octanol–water partition coefficient (Wildman–Crippen LogP) is 2.85. The molecule has 0 saturated heterocycles. The molecule has 0 N–H and O–H groups in total. The maximum Gasteiger partial charge on any atom is 0.155 e. The first-order valence-electron chi connectivity index (χ1n) is 6.26. The van der Waals surface area contributed by atoms with Crippen molar-refractivity contribution in [2.24, 2.45) is 0 Å². The number of hydrogen-bond donors (Lipinski definition) is 0. The summed E-state index contributed by atoms with van der Waals surface area (Å²) < 4.78 is 10.7. The van der Waals surface area contributed by atoms with Gasteiger partial charge in [0.25, 0.3) is 0 Å². The van der Waals surface area contributed by atoms with Crippen LogP contribution < -0.4 is 4.74 Å². The summed E-state index contributed by atoms with van der Waals surface area (Å²) in [6, 6.07) is 7.85. The monoisotopic (exact) mass is 246 g/mol. The summed E-state index contributed by atoms with van der Waals surface area (Å²) in [6.45, 7) is 1.08. The van der Waals surface area contributed by atoms with Crippen molar-refractivity contribution in [1.82, 2.24) is 0 Å². The van der Waals surface area contributed by atoms with Gasteiger partial charge in [-0.3, -0.25) is 4.79 Å². The highest BCUT2D eigenvalue weighted by Gasteiger charge is 2.14. The van der Waals surface area contributed by atoms with Gasteiger partial charge in [0, 0.05) is 19.1 Å². The molecule has 1 aromatic rings. The van der Waals surface area contributed by atoms with E-state index in [1.54, 1.807) is 13.2 Å². The lowest BCUT2D eigenvalue weighted by atomic mass is 9.92. The molecule has 0 saturated carbocycles. The number of ether oxygens (including phenoxy) is 2. The van der Waals surface area contributed by atoms with E-state index in [0.29, 0.717) is 19.6 Å². The first kappa shape index (κ1) is 12.8. The third-order valence-electron chi connectivity index (χ3n) is 2.98. The summed E-state index contributed by atoms with van der Waals surface area (Å²) in [6.07, 6.45) is 4.28. The number of hydrogen-bond acceptors (Lipinski definition) is 3. The van der Waals surface area contributed by atoms with Gasteiger partial charge in [-0.05, 0) is 30.6 Å². The van der Waals surface area contributed by atoms with Crippen molar-refractivity contribution in [1.29, 1.82) is 0 Å². The van der Waals surface area contributed by atoms with Gasteiger partial charge in [0.05, 0.1) is 6.61 Å². The Kier molecular flexibility index (Phi) is 4.53. The van der Waals surface area contributed by atoms with E-state index >= 15 is 0 Å². The Hall–Kier alpha value is -1.61. The molecule has 0 amide bonds. The average Bonchev–Trinajstić information content (AvgIpc) is 2.40. The zero-order valence-electron chi connectivity index (χ0n) is 10.6. The number of para-hydroxylation sites is 1. The quantitative estimate of drug-likeness (QED) is 0.749. The third-order valence-corrected chi connectivity index (χ3v) is 2.98.